The number of halogens is 2. The van der Waals surface area contributed by atoms with E-state index in [4.69, 9.17) is 27.6 Å². The first-order chi connectivity index (χ1) is 9.44. The van der Waals surface area contributed by atoms with E-state index in [9.17, 15) is 5.11 Å². The summed E-state index contributed by atoms with van der Waals surface area (Å²) in [5, 5.41) is 11.6. The highest BCUT2D eigenvalue weighted by atomic mass is 35.5. The minimum absolute atomic E-state index is 0.130. The highest BCUT2D eigenvalue weighted by Gasteiger charge is 2.39. The van der Waals surface area contributed by atoms with E-state index < -0.39 is 14.4 Å². The van der Waals surface area contributed by atoms with E-state index in [0.29, 0.717) is 16.5 Å². The Hall–Kier alpha value is -0.0631. The van der Waals surface area contributed by atoms with Crippen LogP contribution in [0.4, 0.5) is 0 Å². The monoisotopic (exact) mass is 348 g/mol. The van der Waals surface area contributed by atoms with Crippen LogP contribution < -0.4 is 0 Å². The summed E-state index contributed by atoms with van der Waals surface area (Å²) < 4.78 is 6.22. The summed E-state index contributed by atoms with van der Waals surface area (Å²) in [7, 11) is -1.87. The second-order valence-electron chi connectivity index (χ2n) is 7.10. The van der Waals surface area contributed by atoms with Crippen LogP contribution in [0, 0.1) is 0 Å². The molecule has 2 nitrogen and oxygen atoms in total. The summed E-state index contributed by atoms with van der Waals surface area (Å²) in [5.41, 5.74) is 0.961. The van der Waals surface area contributed by atoms with Crippen LogP contribution in [-0.2, 0) is 10.8 Å². The quantitative estimate of drug-likeness (QED) is 0.730. The maximum absolute atomic E-state index is 10.4. The minimum Gasteiger partial charge on any atom is -0.412 e. The molecule has 1 rings (SSSR count). The van der Waals surface area contributed by atoms with Crippen molar-refractivity contribution in [1.82, 2.24) is 0 Å². The predicted octanol–water partition coefficient (Wildman–Crippen LogP) is 5.31. The molecule has 1 aromatic rings. The van der Waals surface area contributed by atoms with Crippen LogP contribution in [-0.4, -0.2) is 25.6 Å². The molecular formula is C16H26Cl2O2Si. The molecule has 0 heterocycles. The second-order valence-corrected chi connectivity index (χ2v) is 12.7. The lowest BCUT2D eigenvalue weighted by atomic mass is 10.1. The van der Waals surface area contributed by atoms with Gasteiger partial charge in [0.1, 0.15) is 0 Å². The van der Waals surface area contributed by atoms with Gasteiger partial charge >= 0.3 is 0 Å². The molecule has 0 amide bonds. The van der Waals surface area contributed by atoms with E-state index in [1.165, 1.54) is 0 Å². The summed E-state index contributed by atoms with van der Waals surface area (Å²) in [6, 6.07) is 5.44. The van der Waals surface area contributed by atoms with Crippen molar-refractivity contribution >= 4 is 31.5 Å². The lowest BCUT2D eigenvalue weighted by molar-refractivity contribution is 0.0392. The lowest BCUT2D eigenvalue weighted by Crippen LogP contribution is -2.46. The van der Waals surface area contributed by atoms with Crippen LogP contribution in [0.2, 0.25) is 28.2 Å². The Balaban J connectivity index is 2.70. The van der Waals surface area contributed by atoms with Crippen LogP contribution in [0.25, 0.3) is 0 Å². The molecule has 0 saturated heterocycles. The van der Waals surface area contributed by atoms with E-state index in [1.54, 1.807) is 12.1 Å². The fourth-order valence-electron chi connectivity index (χ4n) is 1.79. The zero-order valence-corrected chi connectivity index (χ0v) is 16.2. The van der Waals surface area contributed by atoms with Crippen LogP contribution in [0.3, 0.4) is 0 Å². The van der Waals surface area contributed by atoms with Gasteiger partial charge in [0.15, 0.2) is 8.32 Å². The molecule has 21 heavy (non-hydrogen) atoms. The summed E-state index contributed by atoms with van der Waals surface area (Å²) in [4.78, 5) is 0. The van der Waals surface area contributed by atoms with Crippen LogP contribution in [0.5, 0.6) is 0 Å². The average Bonchev–Trinajstić information content (AvgIpc) is 2.31. The molecule has 0 fully saturated rings. The smallest absolute Gasteiger partial charge is 0.192 e. The summed E-state index contributed by atoms with van der Waals surface area (Å²) in [6.07, 6.45) is -0.260. The number of aliphatic hydroxyl groups is 1. The molecule has 0 aromatic heterocycles. The fourth-order valence-corrected chi connectivity index (χ4v) is 3.55. The van der Waals surface area contributed by atoms with Crippen molar-refractivity contribution in [3.05, 3.63) is 33.8 Å². The summed E-state index contributed by atoms with van der Waals surface area (Å²) >= 11 is 11.9. The molecule has 0 radical (unpaired) electrons. The number of benzene rings is 1. The first kappa shape index (κ1) is 19.0. The molecule has 0 aliphatic heterocycles. The first-order valence-corrected chi connectivity index (χ1v) is 10.9. The molecule has 0 aliphatic carbocycles. The molecule has 0 aliphatic rings. The van der Waals surface area contributed by atoms with Crippen molar-refractivity contribution < 1.29 is 9.53 Å². The summed E-state index contributed by atoms with van der Waals surface area (Å²) in [5.74, 6) is 0. The van der Waals surface area contributed by atoms with E-state index in [1.807, 2.05) is 13.0 Å². The van der Waals surface area contributed by atoms with Crippen molar-refractivity contribution in [2.45, 2.75) is 64.5 Å². The Morgan fingerprint density at radius 3 is 2.24 bits per heavy atom. The van der Waals surface area contributed by atoms with Crippen molar-refractivity contribution in [2.75, 3.05) is 0 Å². The molecule has 0 bridgehead atoms. The highest BCUT2D eigenvalue weighted by Crippen LogP contribution is 2.37. The molecule has 2 unspecified atom stereocenters. The van der Waals surface area contributed by atoms with Crippen LogP contribution >= 0.6 is 23.2 Å². The zero-order valence-electron chi connectivity index (χ0n) is 13.7. The first-order valence-electron chi connectivity index (χ1n) is 7.24. The highest BCUT2D eigenvalue weighted by molar-refractivity contribution is 6.74. The number of hydrogen-bond donors (Lipinski definition) is 1. The van der Waals surface area contributed by atoms with Gasteiger partial charge in [0.25, 0.3) is 0 Å². The fraction of sp³-hybridized carbons (Fsp3) is 0.625. The average molecular weight is 349 g/mol. The molecule has 1 N–H and O–H groups in total. The van der Waals surface area contributed by atoms with E-state index in [2.05, 4.69) is 33.9 Å². The molecule has 1 aromatic carbocycles. The van der Waals surface area contributed by atoms with Crippen molar-refractivity contribution in [1.29, 1.82) is 0 Å². The molecule has 120 valence electrons. The van der Waals surface area contributed by atoms with Gasteiger partial charge in [-0.05, 0) is 42.8 Å². The number of aliphatic hydroxyl groups excluding tert-OH is 1. The number of hydrogen-bond acceptors (Lipinski definition) is 2. The van der Waals surface area contributed by atoms with Crippen molar-refractivity contribution in [3.63, 3.8) is 0 Å². The van der Waals surface area contributed by atoms with E-state index in [0.717, 1.165) is 5.56 Å². The minimum atomic E-state index is -1.87. The second kappa shape index (κ2) is 7.01. The van der Waals surface area contributed by atoms with E-state index >= 15 is 0 Å². The zero-order chi connectivity index (χ0) is 16.4. The third-order valence-electron chi connectivity index (χ3n) is 4.26. The van der Waals surface area contributed by atoms with Gasteiger partial charge in [-0.3, -0.25) is 0 Å². The molecule has 5 heteroatoms. The molecule has 0 spiro atoms. The Morgan fingerprint density at radius 2 is 1.76 bits per heavy atom. The number of rotatable bonds is 5. The largest absolute Gasteiger partial charge is 0.412 e. The molecule has 0 saturated carbocycles. The predicted molar refractivity (Wildman–Crippen MR) is 93.9 cm³/mol. The van der Waals surface area contributed by atoms with Crippen LogP contribution in [0.1, 0.15) is 33.3 Å². The molecule has 2 atom stereocenters. The Labute approximate surface area is 139 Å². The topological polar surface area (TPSA) is 29.5 Å². The standard InChI is InChI=1S/C16H26Cl2O2Si/c1-11(20-21(5,6)16(2,3)4)15(19)10-12-7-8-13(17)14(18)9-12/h7-9,11,15,19H,10H2,1-6H3. The Bertz CT molecular complexity index is 484. The molecular weight excluding hydrogens is 323 g/mol. The normalized spacial score (nSPS) is 15.9. The van der Waals surface area contributed by atoms with E-state index in [-0.39, 0.29) is 11.1 Å². The third-order valence-corrected chi connectivity index (χ3v) is 9.57. The third kappa shape index (κ3) is 5.26. The Morgan fingerprint density at radius 1 is 1.19 bits per heavy atom. The van der Waals surface area contributed by atoms with Gasteiger partial charge in [-0.1, -0.05) is 50.0 Å². The lowest BCUT2D eigenvalue weighted by Gasteiger charge is -2.39. The maximum atomic E-state index is 10.4. The van der Waals surface area contributed by atoms with Crippen LogP contribution in [0.15, 0.2) is 18.2 Å². The maximum Gasteiger partial charge on any atom is 0.192 e. The van der Waals surface area contributed by atoms with Gasteiger partial charge in [0.05, 0.1) is 22.3 Å². The Kier molecular flexibility index (Phi) is 6.34. The van der Waals surface area contributed by atoms with Crippen molar-refractivity contribution in [2.24, 2.45) is 0 Å². The van der Waals surface area contributed by atoms with Gasteiger partial charge in [-0.2, -0.15) is 0 Å². The van der Waals surface area contributed by atoms with Gasteiger partial charge in [-0.25, -0.2) is 0 Å². The SMILES string of the molecule is CC(O[Si](C)(C)C(C)(C)C)C(O)Cc1ccc(Cl)c(Cl)c1. The summed E-state index contributed by atoms with van der Waals surface area (Å²) in [6.45, 7) is 12.9. The van der Waals surface area contributed by atoms with Gasteiger partial charge in [0.2, 0.25) is 0 Å². The van der Waals surface area contributed by atoms with Gasteiger partial charge in [0, 0.05) is 6.42 Å². The van der Waals surface area contributed by atoms with Crippen molar-refractivity contribution in [3.8, 4) is 0 Å². The van der Waals surface area contributed by atoms with Gasteiger partial charge < -0.3 is 9.53 Å². The van der Waals surface area contributed by atoms with Gasteiger partial charge in [-0.15, -0.1) is 0 Å².